The molecule has 0 unspecified atom stereocenters. The number of carbonyl (C=O) groups is 1. The van der Waals surface area contributed by atoms with Gasteiger partial charge in [-0.3, -0.25) is 0 Å². The Balaban J connectivity index is 1.87. The molecule has 0 saturated carbocycles. The van der Waals surface area contributed by atoms with Gasteiger partial charge in [0.1, 0.15) is 31.0 Å². The quantitative estimate of drug-likeness (QED) is 0.468. The summed E-state index contributed by atoms with van der Waals surface area (Å²) in [6, 6.07) is 7.71. The minimum absolute atomic E-state index is 0.0221. The molecule has 1 aromatic carbocycles. The monoisotopic (exact) mass is 313 g/mol. The zero-order valence-electron chi connectivity index (χ0n) is 11.7. The highest BCUT2D eigenvalue weighted by Crippen LogP contribution is 2.19. The SMILES string of the molecule is O=C(N[C@@H]1[C@@H](O)[C@H](O)[C@H](CO)O[C@@H]1O)OCc1ccccc1. The number of hydrogen-bond donors (Lipinski definition) is 5. The van der Waals surface area contributed by atoms with Crippen LogP contribution in [0.15, 0.2) is 30.3 Å². The van der Waals surface area contributed by atoms with E-state index < -0.39 is 43.3 Å². The van der Waals surface area contributed by atoms with Gasteiger partial charge in [0.2, 0.25) is 0 Å². The van der Waals surface area contributed by atoms with E-state index in [2.05, 4.69) is 5.32 Å². The fourth-order valence-electron chi connectivity index (χ4n) is 2.15. The first-order valence-electron chi connectivity index (χ1n) is 6.80. The fraction of sp³-hybridized carbons (Fsp3) is 0.500. The maximum Gasteiger partial charge on any atom is 0.407 e. The molecule has 0 bridgehead atoms. The van der Waals surface area contributed by atoms with Crippen LogP contribution in [0, 0.1) is 0 Å². The Labute approximate surface area is 126 Å². The normalized spacial score (nSPS) is 31.5. The van der Waals surface area contributed by atoms with Crippen molar-refractivity contribution >= 4 is 6.09 Å². The maximum absolute atomic E-state index is 11.7. The molecule has 5 atom stereocenters. The molecule has 1 aliphatic heterocycles. The topological polar surface area (TPSA) is 128 Å². The second-order valence-corrected chi connectivity index (χ2v) is 4.96. The molecular formula is C14H19NO7. The Morgan fingerprint density at radius 3 is 2.50 bits per heavy atom. The van der Waals surface area contributed by atoms with Gasteiger partial charge in [-0.05, 0) is 5.56 Å². The first-order valence-corrected chi connectivity index (χ1v) is 6.80. The highest BCUT2D eigenvalue weighted by atomic mass is 16.6. The van der Waals surface area contributed by atoms with Crippen molar-refractivity contribution in [3.05, 3.63) is 35.9 Å². The summed E-state index contributed by atoms with van der Waals surface area (Å²) in [5.41, 5.74) is 0.777. The van der Waals surface area contributed by atoms with Crippen molar-refractivity contribution in [1.82, 2.24) is 5.32 Å². The number of aliphatic hydroxyl groups is 4. The molecule has 8 heteroatoms. The van der Waals surface area contributed by atoms with Gasteiger partial charge in [-0.2, -0.15) is 0 Å². The predicted molar refractivity (Wildman–Crippen MR) is 73.5 cm³/mol. The van der Waals surface area contributed by atoms with Crippen LogP contribution >= 0.6 is 0 Å². The van der Waals surface area contributed by atoms with E-state index in [1.165, 1.54) is 0 Å². The first-order chi connectivity index (χ1) is 10.5. The van der Waals surface area contributed by atoms with Crippen LogP contribution in [0.25, 0.3) is 0 Å². The molecule has 1 aliphatic rings. The predicted octanol–water partition coefficient (Wildman–Crippen LogP) is -1.29. The van der Waals surface area contributed by atoms with Crippen LogP contribution in [-0.4, -0.2) is 63.8 Å². The number of rotatable bonds is 4. The molecule has 22 heavy (non-hydrogen) atoms. The summed E-state index contributed by atoms with van der Waals surface area (Å²) in [5.74, 6) is 0. The number of alkyl carbamates (subject to hydrolysis) is 1. The third-order valence-corrected chi connectivity index (χ3v) is 3.40. The van der Waals surface area contributed by atoms with Gasteiger partial charge in [0.15, 0.2) is 6.29 Å². The van der Waals surface area contributed by atoms with Crippen molar-refractivity contribution in [1.29, 1.82) is 0 Å². The molecule has 0 radical (unpaired) electrons. The van der Waals surface area contributed by atoms with Crippen LogP contribution < -0.4 is 5.32 Å². The largest absolute Gasteiger partial charge is 0.445 e. The summed E-state index contributed by atoms with van der Waals surface area (Å²) in [5, 5.41) is 40.5. The summed E-state index contributed by atoms with van der Waals surface area (Å²) in [7, 11) is 0. The lowest BCUT2D eigenvalue weighted by atomic mass is 9.97. The Kier molecular flexibility index (Phi) is 5.69. The van der Waals surface area contributed by atoms with Gasteiger partial charge in [0.25, 0.3) is 0 Å². The smallest absolute Gasteiger partial charge is 0.407 e. The number of carbonyl (C=O) groups excluding carboxylic acids is 1. The molecule has 0 spiro atoms. The Morgan fingerprint density at radius 1 is 1.18 bits per heavy atom. The van der Waals surface area contributed by atoms with Gasteiger partial charge < -0.3 is 35.2 Å². The first kappa shape index (κ1) is 16.7. The molecule has 0 aliphatic carbocycles. The molecule has 1 saturated heterocycles. The molecule has 1 amide bonds. The molecule has 122 valence electrons. The zero-order valence-corrected chi connectivity index (χ0v) is 11.7. The van der Waals surface area contributed by atoms with E-state index in [-0.39, 0.29) is 6.61 Å². The van der Waals surface area contributed by atoms with Crippen LogP contribution in [0.3, 0.4) is 0 Å². The van der Waals surface area contributed by atoms with Gasteiger partial charge in [-0.15, -0.1) is 0 Å². The minimum atomic E-state index is -1.57. The third-order valence-electron chi connectivity index (χ3n) is 3.40. The van der Waals surface area contributed by atoms with E-state index in [4.69, 9.17) is 14.6 Å². The highest BCUT2D eigenvalue weighted by Gasteiger charge is 2.44. The third kappa shape index (κ3) is 3.93. The molecule has 1 heterocycles. The van der Waals surface area contributed by atoms with Gasteiger partial charge >= 0.3 is 6.09 Å². The molecule has 5 N–H and O–H groups in total. The molecule has 8 nitrogen and oxygen atoms in total. The van der Waals surface area contributed by atoms with E-state index in [0.29, 0.717) is 0 Å². The molecule has 0 aromatic heterocycles. The van der Waals surface area contributed by atoms with Crippen LogP contribution in [-0.2, 0) is 16.1 Å². The summed E-state index contributed by atoms with van der Waals surface area (Å²) in [4.78, 5) is 11.7. The van der Waals surface area contributed by atoms with Gasteiger partial charge in [0, 0.05) is 0 Å². The van der Waals surface area contributed by atoms with E-state index >= 15 is 0 Å². The molecule has 2 rings (SSSR count). The summed E-state index contributed by atoms with van der Waals surface area (Å²) in [6.07, 6.45) is -6.49. The Morgan fingerprint density at radius 2 is 1.86 bits per heavy atom. The standard InChI is InChI=1S/C14H19NO7/c16-6-9-11(17)12(18)10(13(19)22-9)15-14(20)21-7-8-4-2-1-3-5-8/h1-5,9-13,16-19H,6-7H2,(H,15,20)/t9-,10+,11+,12+,13-/m0/s1. The Bertz CT molecular complexity index is 483. The van der Waals surface area contributed by atoms with Crippen molar-refractivity contribution in [2.75, 3.05) is 6.61 Å². The second-order valence-electron chi connectivity index (χ2n) is 4.96. The van der Waals surface area contributed by atoms with Gasteiger partial charge in [-0.25, -0.2) is 4.79 Å². The zero-order chi connectivity index (χ0) is 16.1. The van der Waals surface area contributed by atoms with Crippen LogP contribution in [0.5, 0.6) is 0 Å². The van der Waals surface area contributed by atoms with Crippen molar-refractivity contribution in [2.24, 2.45) is 0 Å². The van der Waals surface area contributed by atoms with Gasteiger partial charge in [-0.1, -0.05) is 30.3 Å². The number of benzene rings is 1. The van der Waals surface area contributed by atoms with E-state index in [1.807, 2.05) is 6.07 Å². The number of amides is 1. The number of nitrogens with one attached hydrogen (secondary N) is 1. The number of hydrogen-bond acceptors (Lipinski definition) is 7. The molecule has 1 fully saturated rings. The number of ether oxygens (including phenoxy) is 2. The fourth-order valence-corrected chi connectivity index (χ4v) is 2.15. The summed E-state index contributed by atoms with van der Waals surface area (Å²) in [6.45, 7) is -0.547. The summed E-state index contributed by atoms with van der Waals surface area (Å²) < 4.78 is 9.88. The average Bonchev–Trinajstić information content (AvgIpc) is 2.54. The highest BCUT2D eigenvalue weighted by molar-refractivity contribution is 5.67. The average molecular weight is 313 g/mol. The summed E-state index contributed by atoms with van der Waals surface area (Å²) >= 11 is 0. The van der Waals surface area contributed by atoms with Crippen LogP contribution in [0.1, 0.15) is 5.56 Å². The van der Waals surface area contributed by atoms with Crippen molar-refractivity contribution in [3.8, 4) is 0 Å². The minimum Gasteiger partial charge on any atom is -0.445 e. The lowest BCUT2D eigenvalue weighted by Gasteiger charge is -2.39. The molecular weight excluding hydrogens is 294 g/mol. The second kappa shape index (κ2) is 7.52. The van der Waals surface area contributed by atoms with Crippen LogP contribution in [0.4, 0.5) is 4.79 Å². The number of aliphatic hydroxyl groups excluding tert-OH is 4. The van der Waals surface area contributed by atoms with E-state index in [9.17, 15) is 20.1 Å². The van der Waals surface area contributed by atoms with Crippen molar-refractivity contribution in [2.45, 2.75) is 37.3 Å². The lowest BCUT2D eigenvalue weighted by molar-refractivity contribution is -0.253. The van der Waals surface area contributed by atoms with Crippen molar-refractivity contribution in [3.63, 3.8) is 0 Å². The van der Waals surface area contributed by atoms with Crippen LogP contribution in [0.2, 0.25) is 0 Å². The lowest BCUT2D eigenvalue weighted by Crippen LogP contribution is -2.64. The van der Waals surface area contributed by atoms with Crippen molar-refractivity contribution < 1.29 is 34.7 Å². The van der Waals surface area contributed by atoms with Gasteiger partial charge in [0.05, 0.1) is 6.61 Å². The molecule has 1 aromatic rings. The van der Waals surface area contributed by atoms with E-state index in [1.54, 1.807) is 24.3 Å². The Hall–Kier alpha value is -1.71. The van der Waals surface area contributed by atoms with E-state index in [0.717, 1.165) is 5.56 Å². The maximum atomic E-state index is 11.7.